The van der Waals surface area contributed by atoms with Crippen molar-refractivity contribution in [2.75, 3.05) is 26.2 Å². The summed E-state index contributed by atoms with van der Waals surface area (Å²) in [5, 5.41) is 4.07. The van der Waals surface area contributed by atoms with Crippen molar-refractivity contribution in [3.63, 3.8) is 0 Å². The van der Waals surface area contributed by atoms with Crippen LogP contribution in [-0.2, 0) is 11.3 Å². The molecule has 0 N–H and O–H groups in total. The molecule has 1 fully saturated rings. The third-order valence-electron chi connectivity index (χ3n) is 4.86. The number of rotatable bonds is 7. The summed E-state index contributed by atoms with van der Waals surface area (Å²) >= 11 is 0. The first kappa shape index (κ1) is 20.0. The second-order valence-corrected chi connectivity index (χ2v) is 7.08. The lowest BCUT2D eigenvalue weighted by atomic mass is 9.96. The third-order valence-corrected chi connectivity index (χ3v) is 4.86. The highest BCUT2D eigenvalue weighted by Crippen LogP contribution is 2.21. The van der Waals surface area contributed by atoms with Gasteiger partial charge in [0.25, 0.3) is 0 Å². The van der Waals surface area contributed by atoms with Crippen LogP contribution in [0.25, 0.3) is 11.4 Å². The van der Waals surface area contributed by atoms with Gasteiger partial charge in [-0.2, -0.15) is 4.98 Å². The summed E-state index contributed by atoms with van der Waals surface area (Å²) in [6, 6.07) is 3.72. The zero-order valence-electron chi connectivity index (χ0n) is 16.5. The summed E-state index contributed by atoms with van der Waals surface area (Å²) in [4.78, 5) is 24.5. The fourth-order valence-corrected chi connectivity index (χ4v) is 3.31. The molecular formula is C20H27N5O3. The predicted octanol–water partition coefficient (Wildman–Crippen LogP) is 3.34. The number of likely N-dealkylation sites (tertiary alicyclic amines) is 1. The molecule has 0 unspecified atom stereocenters. The van der Waals surface area contributed by atoms with Crippen molar-refractivity contribution < 1.29 is 14.1 Å². The summed E-state index contributed by atoms with van der Waals surface area (Å²) in [7, 11) is 0. The normalized spacial score (nSPS) is 15.0. The van der Waals surface area contributed by atoms with E-state index in [0.717, 1.165) is 31.5 Å². The van der Waals surface area contributed by atoms with Crippen LogP contribution in [0.1, 0.15) is 32.6 Å². The highest BCUT2D eigenvalue weighted by Gasteiger charge is 2.25. The second-order valence-electron chi connectivity index (χ2n) is 7.08. The van der Waals surface area contributed by atoms with E-state index >= 15 is 0 Å². The molecule has 3 rings (SSSR count). The highest BCUT2D eigenvalue weighted by atomic mass is 16.6. The molecule has 8 nitrogen and oxygen atoms in total. The van der Waals surface area contributed by atoms with E-state index in [1.54, 1.807) is 24.2 Å². The first-order valence-corrected chi connectivity index (χ1v) is 9.62. The number of carbonyl (C=O) groups is 1. The van der Waals surface area contributed by atoms with E-state index in [-0.39, 0.29) is 6.09 Å². The summed E-state index contributed by atoms with van der Waals surface area (Å²) in [6.07, 6.45) is 5.03. The van der Waals surface area contributed by atoms with Gasteiger partial charge in [0.2, 0.25) is 11.7 Å². The van der Waals surface area contributed by atoms with E-state index in [1.807, 2.05) is 12.1 Å². The Balaban J connectivity index is 1.50. The van der Waals surface area contributed by atoms with Crippen LogP contribution in [-0.4, -0.2) is 57.2 Å². The number of piperidine rings is 1. The number of hydrogen-bond donors (Lipinski definition) is 0. The van der Waals surface area contributed by atoms with Crippen LogP contribution in [0.5, 0.6) is 0 Å². The van der Waals surface area contributed by atoms with Gasteiger partial charge in [0.05, 0.1) is 12.3 Å². The number of hydrogen-bond acceptors (Lipinski definition) is 7. The van der Waals surface area contributed by atoms with E-state index in [2.05, 4.69) is 33.5 Å². The van der Waals surface area contributed by atoms with Crippen molar-refractivity contribution >= 4 is 6.09 Å². The van der Waals surface area contributed by atoms with E-state index in [9.17, 15) is 4.79 Å². The van der Waals surface area contributed by atoms with Crippen LogP contribution >= 0.6 is 0 Å². The van der Waals surface area contributed by atoms with E-state index < -0.39 is 0 Å². The average molecular weight is 385 g/mol. The maximum atomic E-state index is 12.0. The van der Waals surface area contributed by atoms with Gasteiger partial charge in [-0.3, -0.25) is 9.88 Å². The number of allylic oxidation sites excluding steroid dienone is 1. The number of amides is 1. The Bertz CT molecular complexity index is 784. The SMILES string of the molecule is C=C(C)OC(=O)N1CCC(CN(CC)Cc2nc(-c3ccncc3)no2)CC1. The van der Waals surface area contributed by atoms with Crippen LogP contribution < -0.4 is 0 Å². The molecule has 1 saturated heterocycles. The van der Waals surface area contributed by atoms with Crippen LogP contribution in [0, 0.1) is 5.92 Å². The van der Waals surface area contributed by atoms with Crippen molar-refractivity contribution in [1.82, 2.24) is 24.9 Å². The maximum Gasteiger partial charge on any atom is 0.414 e. The van der Waals surface area contributed by atoms with Gasteiger partial charge < -0.3 is 14.2 Å². The van der Waals surface area contributed by atoms with Gasteiger partial charge in [-0.05, 0) is 44.4 Å². The summed E-state index contributed by atoms with van der Waals surface area (Å²) in [5.41, 5.74) is 0.891. The molecule has 8 heteroatoms. The van der Waals surface area contributed by atoms with Crippen molar-refractivity contribution in [1.29, 1.82) is 0 Å². The van der Waals surface area contributed by atoms with E-state index in [0.29, 0.717) is 43.0 Å². The number of nitrogens with zero attached hydrogens (tertiary/aromatic N) is 5. The van der Waals surface area contributed by atoms with E-state index in [1.165, 1.54) is 0 Å². The van der Waals surface area contributed by atoms with Gasteiger partial charge >= 0.3 is 6.09 Å². The Morgan fingerprint density at radius 1 is 1.36 bits per heavy atom. The van der Waals surface area contributed by atoms with Crippen molar-refractivity contribution in [3.8, 4) is 11.4 Å². The van der Waals surface area contributed by atoms with Gasteiger partial charge in [-0.1, -0.05) is 18.7 Å². The topological polar surface area (TPSA) is 84.6 Å². The monoisotopic (exact) mass is 385 g/mol. The molecule has 1 aliphatic heterocycles. The molecule has 28 heavy (non-hydrogen) atoms. The lowest BCUT2D eigenvalue weighted by molar-refractivity contribution is 0.100. The number of carbonyl (C=O) groups excluding carboxylic acids is 1. The number of ether oxygens (including phenoxy) is 1. The van der Waals surface area contributed by atoms with Crippen LogP contribution in [0.3, 0.4) is 0 Å². The van der Waals surface area contributed by atoms with Gasteiger partial charge in [0.1, 0.15) is 0 Å². The van der Waals surface area contributed by atoms with E-state index in [4.69, 9.17) is 9.26 Å². The second kappa shape index (κ2) is 9.45. The van der Waals surface area contributed by atoms with Gasteiger partial charge in [0, 0.05) is 37.6 Å². The maximum absolute atomic E-state index is 12.0. The molecule has 0 radical (unpaired) electrons. The van der Waals surface area contributed by atoms with Crippen LogP contribution in [0.15, 0.2) is 41.4 Å². The molecule has 0 saturated carbocycles. The fourth-order valence-electron chi connectivity index (χ4n) is 3.31. The number of pyridine rings is 1. The third kappa shape index (κ3) is 5.39. The lowest BCUT2D eigenvalue weighted by Gasteiger charge is -2.33. The van der Waals surface area contributed by atoms with Gasteiger partial charge in [-0.15, -0.1) is 0 Å². The minimum Gasteiger partial charge on any atom is -0.416 e. The molecule has 0 aliphatic carbocycles. The minimum absolute atomic E-state index is 0.298. The number of aromatic nitrogens is 3. The first-order valence-electron chi connectivity index (χ1n) is 9.62. The molecule has 2 aromatic heterocycles. The Morgan fingerprint density at radius 3 is 2.71 bits per heavy atom. The van der Waals surface area contributed by atoms with Crippen molar-refractivity contribution in [3.05, 3.63) is 42.8 Å². The molecule has 3 heterocycles. The molecule has 1 amide bonds. The average Bonchev–Trinajstić information content (AvgIpc) is 3.16. The Hall–Kier alpha value is -2.74. The van der Waals surface area contributed by atoms with Crippen LogP contribution in [0.4, 0.5) is 4.79 Å². The predicted molar refractivity (Wildman–Crippen MR) is 104 cm³/mol. The van der Waals surface area contributed by atoms with Crippen molar-refractivity contribution in [2.45, 2.75) is 33.2 Å². The lowest BCUT2D eigenvalue weighted by Crippen LogP contribution is -2.41. The highest BCUT2D eigenvalue weighted by molar-refractivity contribution is 5.68. The molecule has 2 aromatic rings. The first-order chi connectivity index (χ1) is 13.5. The summed E-state index contributed by atoms with van der Waals surface area (Å²) in [5.74, 6) is 2.14. The Labute approximate surface area is 165 Å². The largest absolute Gasteiger partial charge is 0.416 e. The molecule has 150 valence electrons. The summed E-state index contributed by atoms with van der Waals surface area (Å²) < 4.78 is 10.5. The van der Waals surface area contributed by atoms with Gasteiger partial charge in [-0.25, -0.2) is 4.79 Å². The summed E-state index contributed by atoms with van der Waals surface area (Å²) in [6.45, 7) is 11.3. The minimum atomic E-state index is -0.298. The fraction of sp³-hybridized carbons (Fsp3) is 0.500. The molecule has 0 bridgehead atoms. The zero-order chi connectivity index (χ0) is 19.9. The van der Waals surface area contributed by atoms with Gasteiger partial charge in [0.15, 0.2) is 0 Å². The zero-order valence-corrected chi connectivity index (χ0v) is 16.5. The van der Waals surface area contributed by atoms with Crippen molar-refractivity contribution in [2.24, 2.45) is 5.92 Å². The smallest absolute Gasteiger partial charge is 0.414 e. The molecular weight excluding hydrogens is 358 g/mol. The molecule has 1 aliphatic rings. The standard InChI is InChI=1S/C20H27N5O3/c1-4-24(13-16-7-11-25(12-8-16)20(26)27-15(2)3)14-18-22-19(23-28-18)17-5-9-21-10-6-17/h5-6,9-10,16H,2,4,7-8,11-14H2,1,3H3. The van der Waals surface area contributed by atoms with Crippen LogP contribution in [0.2, 0.25) is 0 Å². The molecule has 0 spiro atoms. The Kier molecular flexibility index (Phi) is 6.76. The molecule has 0 atom stereocenters. The quantitative estimate of drug-likeness (QED) is 0.676. The Morgan fingerprint density at radius 2 is 2.07 bits per heavy atom. The molecule has 0 aromatic carbocycles.